The van der Waals surface area contributed by atoms with Crippen molar-refractivity contribution in [2.45, 2.75) is 5.92 Å². The molecule has 17 heavy (non-hydrogen) atoms. The number of ether oxygens (including phenoxy) is 1. The van der Waals surface area contributed by atoms with Crippen molar-refractivity contribution in [3.05, 3.63) is 52.5 Å². The molecule has 4 heteroatoms. The molecule has 1 unspecified atom stereocenters. The van der Waals surface area contributed by atoms with Crippen LogP contribution in [-0.4, -0.2) is 18.3 Å². The van der Waals surface area contributed by atoms with Crippen molar-refractivity contribution >= 4 is 11.3 Å². The van der Waals surface area contributed by atoms with Gasteiger partial charge in [-0.3, -0.25) is 0 Å². The average Bonchev–Trinajstić information content (AvgIpc) is 2.84. The molecular formula is C13H13FO2S. The predicted octanol–water partition coefficient (Wildman–Crippen LogP) is 3.04. The monoisotopic (exact) mass is 252 g/mol. The van der Waals surface area contributed by atoms with Gasteiger partial charge in [0.1, 0.15) is 11.6 Å². The lowest BCUT2D eigenvalue weighted by molar-refractivity contribution is 0.206. The highest BCUT2D eigenvalue weighted by molar-refractivity contribution is 7.10. The number of hydrogen-bond donors (Lipinski definition) is 1. The maximum absolute atomic E-state index is 12.9. The van der Waals surface area contributed by atoms with E-state index in [9.17, 15) is 9.50 Å². The zero-order valence-corrected chi connectivity index (χ0v) is 9.99. The topological polar surface area (TPSA) is 29.5 Å². The summed E-state index contributed by atoms with van der Waals surface area (Å²) in [6.07, 6.45) is 0. The Morgan fingerprint density at radius 2 is 2.18 bits per heavy atom. The van der Waals surface area contributed by atoms with Crippen molar-refractivity contribution in [1.29, 1.82) is 0 Å². The number of aliphatic hydroxyl groups is 1. The highest BCUT2D eigenvalue weighted by atomic mass is 32.1. The summed E-state index contributed by atoms with van der Waals surface area (Å²) in [5.41, 5.74) is 0. The molecule has 0 radical (unpaired) electrons. The molecule has 2 nitrogen and oxygen atoms in total. The molecule has 0 saturated carbocycles. The van der Waals surface area contributed by atoms with E-state index in [4.69, 9.17) is 4.74 Å². The van der Waals surface area contributed by atoms with E-state index in [0.29, 0.717) is 12.4 Å². The standard InChI is InChI=1S/C13H13FO2S/c14-11-3-1-4-12(7-11)16-9-10(8-15)13-5-2-6-17-13/h1-7,10,15H,8-9H2. The van der Waals surface area contributed by atoms with Crippen LogP contribution < -0.4 is 4.74 Å². The second-order valence-electron chi connectivity index (χ2n) is 3.66. The molecule has 0 saturated heterocycles. The third-order valence-corrected chi connectivity index (χ3v) is 3.45. The molecule has 0 bridgehead atoms. The molecule has 2 rings (SSSR count). The SMILES string of the molecule is OCC(COc1cccc(F)c1)c1cccs1. The highest BCUT2D eigenvalue weighted by Crippen LogP contribution is 2.22. The van der Waals surface area contributed by atoms with Crippen LogP contribution in [-0.2, 0) is 0 Å². The molecule has 0 aliphatic carbocycles. The summed E-state index contributed by atoms with van der Waals surface area (Å²) in [7, 11) is 0. The molecule has 0 fully saturated rings. The summed E-state index contributed by atoms with van der Waals surface area (Å²) in [6, 6.07) is 9.90. The van der Waals surface area contributed by atoms with Gasteiger partial charge in [0.2, 0.25) is 0 Å². The van der Waals surface area contributed by atoms with Crippen LogP contribution in [0.25, 0.3) is 0 Å². The molecule has 1 aromatic carbocycles. The van der Waals surface area contributed by atoms with Gasteiger partial charge in [0.25, 0.3) is 0 Å². The summed E-state index contributed by atoms with van der Waals surface area (Å²) < 4.78 is 18.4. The summed E-state index contributed by atoms with van der Waals surface area (Å²) in [6.45, 7) is 0.371. The maximum atomic E-state index is 12.9. The predicted molar refractivity (Wildman–Crippen MR) is 66.0 cm³/mol. The second kappa shape index (κ2) is 5.80. The van der Waals surface area contributed by atoms with E-state index in [1.807, 2.05) is 17.5 Å². The molecule has 0 spiro atoms. The Morgan fingerprint density at radius 1 is 1.29 bits per heavy atom. The van der Waals surface area contributed by atoms with E-state index in [-0.39, 0.29) is 18.3 Å². The van der Waals surface area contributed by atoms with E-state index < -0.39 is 0 Å². The second-order valence-corrected chi connectivity index (χ2v) is 4.64. The third-order valence-electron chi connectivity index (χ3n) is 2.41. The molecule has 0 aliphatic heterocycles. The van der Waals surface area contributed by atoms with E-state index in [1.54, 1.807) is 23.5 Å². The minimum absolute atomic E-state index is 0.0236. The first-order chi connectivity index (χ1) is 8.29. The van der Waals surface area contributed by atoms with Crippen molar-refractivity contribution in [3.63, 3.8) is 0 Å². The maximum Gasteiger partial charge on any atom is 0.126 e. The van der Waals surface area contributed by atoms with Gasteiger partial charge in [0.05, 0.1) is 19.1 Å². The Labute approximate surface area is 103 Å². The molecule has 0 aliphatic rings. The van der Waals surface area contributed by atoms with Gasteiger partial charge < -0.3 is 9.84 Å². The zero-order chi connectivity index (χ0) is 12.1. The minimum Gasteiger partial charge on any atom is -0.493 e. The van der Waals surface area contributed by atoms with Gasteiger partial charge in [-0.05, 0) is 23.6 Å². The highest BCUT2D eigenvalue weighted by Gasteiger charge is 2.12. The summed E-state index contributed by atoms with van der Waals surface area (Å²) in [5, 5.41) is 11.2. The molecule has 1 atom stereocenters. The van der Waals surface area contributed by atoms with Gasteiger partial charge in [0.15, 0.2) is 0 Å². The Kier molecular flexibility index (Phi) is 4.12. The van der Waals surface area contributed by atoms with Gasteiger partial charge in [-0.2, -0.15) is 0 Å². The van der Waals surface area contributed by atoms with Gasteiger partial charge in [-0.15, -0.1) is 11.3 Å². The Balaban J connectivity index is 1.97. The molecular weight excluding hydrogens is 239 g/mol. The van der Waals surface area contributed by atoms with Crippen LogP contribution in [0.5, 0.6) is 5.75 Å². The van der Waals surface area contributed by atoms with Crippen LogP contribution in [0.4, 0.5) is 4.39 Å². The third kappa shape index (κ3) is 3.28. The fourth-order valence-electron chi connectivity index (χ4n) is 1.50. The normalized spacial score (nSPS) is 12.4. The first kappa shape index (κ1) is 12.1. The molecule has 2 aromatic rings. The van der Waals surface area contributed by atoms with Gasteiger partial charge in [0, 0.05) is 10.9 Å². The Hall–Kier alpha value is -1.39. The largest absolute Gasteiger partial charge is 0.493 e. The van der Waals surface area contributed by atoms with Gasteiger partial charge in [-0.25, -0.2) is 4.39 Å². The van der Waals surface area contributed by atoms with Crippen molar-refractivity contribution in [1.82, 2.24) is 0 Å². The van der Waals surface area contributed by atoms with Crippen molar-refractivity contribution in [2.75, 3.05) is 13.2 Å². The number of hydrogen-bond acceptors (Lipinski definition) is 3. The van der Waals surface area contributed by atoms with Crippen LogP contribution in [0.2, 0.25) is 0 Å². The minimum atomic E-state index is -0.320. The average molecular weight is 252 g/mol. The van der Waals surface area contributed by atoms with E-state index in [1.165, 1.54) is 12.1 Å². The lowest BCUT2D eigenvalue weighted by Crippen LogP contribution is -2.13. The smallest absolute Gasteiger partial charge is 0.126 e. The lowest BCUT2D eigenvalue weighted by Gasteiger charge is -2.13. The number of halogens is 1. The quantitative estimate of drug-likeness (QED) is 0.886. The fraction of sp³-hybridized carbons (Fsp3) is 0.231. The molecule has 90 valence electrons. The van der Waals surface area contributed by atoms with E-state index in [2.05, 4.69) is 0 Å². The van der Waals surface area contributed by atoms with Crippen LogP contribution in [0.1, 0.15) is 10.8 Å². The number of rotatable bonds is 5. The van der Waals surface area contributed by atoms with Crippen LogP contribution in [0, 0.1) is 5.82 Å². The Morgan fingerprint density at radius 3 is 2.82 bits per heavy atom. The van der Waals surface area contributed by atoms with Crippen molar-refractivity contribution < 1.29 is 14.2 Å². The van der Waals surface area contributed by atoms with Crippen molar-refractivity contribution in [3.8, 4) is 5.75 Å². The first-order valence-corrected chi connectivity index (χ1v) is 6.20. The number of benzene rings is 1. The lowest BCUT2D eigenvalue weighted by atomic mass is 10.1. The molecule has 1 aromatic heterocycles. The summed E-state index contributed by atoms with van der Waals surface area (Å²) in [5.74, 6) is 0.109. The van der Waals surface area contributed by atoms with Gasteiger partial charge >= 0.3 is 0 Å². The summed E-state index contributed by atoms with van der Waals surface area (Å²) >= 11 is 1.58. The van der Waals surface area contributed by atoms with Gasteiger partial charge in [-0.1, -0.05) is 12.1 Å². The number of aliphatic hydroxyl groups excluding tert-OH is 1. The van der Waals surface area contributed by atoms with Crippen LogP contribution >= 0.6 is 11.3 Å². The zero-order valence-electron chi connectivity index (χ0n) is 9.17. The van der Waals surface area contributed by atoms with Crippen LogP contribution in [0.3, 0.4) is 0 Å². The fourth-order valence-corrected chi connectivity index (χ4v) is 2.31. The first-order valence-electron chi connectivity index (χ1n) is 5.32. The van der Waals surface area contributed by atoms with E-state index >= 15 is 0 Å². The molecule has 0 amide bonds. The van der Waals surface area contributed by atoms with Crippen LogP contribution in [0.15, 0.2) is 41.8 Å². The summed E-state index contributed by atoms with van der Waals surface area (Å²) in [4.78, 5) is 1.07. The molecule has 1 N–H and O–H groups in total. The number of thiophene rings is 1. The van der Waals surface area contributed by atoms with Crippen molar-refractivity contribution in [2.24, 2.45) is 0 Å². The van der Waals surface area contributed by atoms with E-state index in [0.717, 1.165) is 4.88 Å². The molecule has 1 heterocycles. The Bertz CT molecular complexity index is 456.